The zero-order valence-corrected chi connectivity index (χ0v) is 13.7. The van der Waals surface area contributed by atoms with Crippen LogP contribution in [0.4, 0.5) is 22.0 Å². The van der Waals surface area contributed by atoms with Crippen molar-refractivity contribution in [2.45, 2.75) is 13.0 Å². The normalized spacial score (nSPS) is 11.3. The molecule has 28 heavy (non-hydrogen) atoms. The average molecular weight is 400 g/mol. The van der Waals surface area contributed by atoms with E-state index >= 15 is 0 Å². The van der Waals surface area contributed by atoms with Gasteiger partial charge in [0.15, 0.2) is 6.61 Å². The summed E-state index contributed by atoms with van der Waals surface area (Å²) in [4.78, 5) is 15.7. The van der Waals surface area contributed by atoms with E-state index in [1.807, 2.05) is 0 Å². The number of ether oxygens (including phenoxy) is 2. The fourth-order valence-electron chi connectivity index (χ4n) is 2.10. The molecule has 0 aliphatic carbocycles. The van der Waals surface area contributed by atoms with Crippen LogP contribution in [0.15, 0.2) is 47.0 Å². The number of hydrogen-bond acceptors (Lipinski definition) is 6. The highest BCUT2D eigenvalue weighted by atomic mass is 19.4. The van der Waals surface area contributed by atoms with Gasteiger partial charge in [0.25, 0.3) is 5.89 Å². The maximum Gasteiger partial charge on any atom is 0.573 e. The highest BCUT2D eigenvalue weighted by molar-refractivity contribution is 5.89. The van der Waals surface area contributed by atoms with Gasteiger partial charge in [0.05, 0.1) is 5.56 Å². The molecule has 0 unspecified atom stereocenters. The van der Waals surface area contributed by atoms with E-state index in [1.54, 1.807) is 0 Å². The lowest BCUT2D eigenvalue weighted by Gasteiger charge is -2.08. The minimum absolute atomic E-state index is 0.0153. The summed E-state index contributed by atoms with van der Waals surface area (Å²) >= 11 is 0. The number of nitrogens with zero attached hydrogens (tertiary/aromatic N) is 2. The topological polar surface area (TPSA) is 74.5 Å². The van der Waals surface area contributed by atoms with Crippen molar-refractivity contribution in [3.8, 4) is 17.1 Å². The molecule has 0 aliphatic rings. The molecule has 0 spiro atoms. The van der Waals surface area contributed by atoms with Crippen molar-refractivity contribution < 1.29 is 40.7 Å². The number of halogens is 5. The molecule has 0 radical (unpaired) electrons. The average Bonchev–Trinajstić information content (AvgIpc) is 3.10. The van der Waals surface area contributed by atoms with Crippen molar-refractivity contribution >= 4 is 5.97 Å². The Hall–Kier alpha value is -3.50. The summed E-state index contributed by atoms with van der Waals surface area (Å²) in [7, 11) is 0. The molecule has 2 aromatic carbocycles. The maximum absolute atomic E-state index is 13.5. The van der Waals surface area contributed by atoms with Crippen molar-refractivity contribution in [2.75, 3.05) is 0 Å². The number of carbonyl (C=O) groups excluding carboxylic acids is 1. The fraction of sp³-hybridized carbons (Fsp3) is 0.118. The van der Waals surface area contributed by atoms with Crippen molar-refractivity contribution in [1.82, 2.24) is 10.1 Å². The van der Waals surface area contributed by atoms with Crippen LogP contribution in [-0.2, 0) is 11.3 Å². The van der Waals surface area contributed by atoms with Gasteiger partial charge in [-0.25, -0.2) is 13.6 Å². The molecule has 146 valence electrons. The van der Waals surface area contributed by atoms with Gasteiger partial charge in [-0.3, -0.25) is 0 Å². The van der Waals surface area contributed by atoms with Gasteiger partial charge in [0.1, 0.15) is 17.4 Å². The molecule has 0 atom stereocenters. The quantitative estimate of drug-likeness (QED) is 0.470. The zero-order chi connectivity index (χ0) is 20.3. The first-order valence-corrected chi connectivity index (χ1v) is 7.52. The SMILES string of the molecule is O=C(OCc1nc(-c2ccc(OC(F)(F)F)cc2)no1)c1cc(F)ccc1F. The molecule has 1 aromatic heterocycles. The van der Waals surface area contributed by atoms with E-state index < -0.39 is 41.9 Å². The second-order valence-corrected chi connectivity index (χ2v) is 5.28. The minimum atomic E-state index is -4.81. The van der Waals surface area contributed by atoms with Crippen LogP contribution in [0.25, 0.3) is 11.4 Å². The van der Waals surface area contributed by atoms with Gasteiger partial charge >= 0.3 is 12.3 Å². The maximum atomic E-state index is 13.5. The standard InChI is InChI=1S/C17H9F5N2O4/c18-10-3-6-13(19)12(7-10)16(25)26-8-14-23-15(24-28-14)9-1-4-11(5-2-9)27-17(20,21)22/h1-7H,8H2. The van der Waals surface area contributed by atoms with E-state index in [-0.39, 0.29) is 11.7 Å². The van der Waals surface area contributed by atoms with Gasteiger partial charge in [-0.2, -0.15) is 4.98 Å². The van der Waals surface area contributed by atoms with Gasteiger partial charge in [0.2, 0.25) is 5.82 Å². The van der Waals surface area contributed by atoms with E-state index in [4.69, 9.17) is 9.26 Å². The monoisotopic (exact) mass is 400 g/mol. The lowest BCUT2D eigenvalue weighted by molar-refractivity contribution is -0.274. The first kappa shape index (κ1) is 19.3. The number of rotatable bonds is 5. The molecule has 0 N–H and O–H groups in total. The Morgan fingerprint density at radius 2 is 1.79 bits per heavy atom. The lowest BCUT2D eigenvalue weighted by atomic mass is 10.2. The number of carbonyl (C=O) groups is 1. The fourth-order valence-corrected chi connectivity index (χ4v) is 2.10. The van der Waals surface area contributed by atoms with Gasteiger partial charge in [0, 0.05) is 5.56 Å². The van der Waals surface area contributed by atoms with Crippen molar-refractivity contribution in [2.24, 2.45) is 0 Å². The number of hydrogen-bond donors (Lipinski definition) is 0. The molecule has 0 aliphatic heterocycles. The first-order valence-electron chi connectivity index (χ1n) is 7.52. The van der Waals surface area contributed by atoms with Gasteiger partial charge in [-0.15, -0.1) is 13.2 Å². The van der Waals surface area contributed by atoms with Crippen LogP contribution in [-0.4, -0.2) is 22.5 Å². The van der Waals surface area contributed by atoms with Crippen molar-refractivity contribution in [3.63, 3.8) is 0 Å². The Balaban J connectivity index is 1.64. The molecular weight excluding hydrogens is 391 g/mol. The number of aromatic nitrogens is 2. The molecule has 0 amide bonds. The van der Waals surface area contributed by atoms with Crippen molar-refractivity contribution in [1.29, 1.82) is 0 Å². The van der Waals surface area contributed by atoms with Crippen LogP contribution in [0.1, 0.15) is 16.2 Å². The molecule has 0 saturated carbocycles. The largest absolute Gasteiger partial charge is 0.573 e. The van der Waals surface area contributed by atoms with E-state index in [1.165, 1.54) is 12.1 Å². The van der Waals surface area contributed by atoms with Gasteiger partial charge in [-0.05, 0) is 42.5 Å². The van der Waals surface area contributed by atoms with E-state index in [2.05, 4.69) is 14.9 Å². The van der Waals surface area contributed by atoms with Crippen LogP contribution in [0.2, 0.25) is 0 Å². The second kappa shape index (κ2) is 7.62. The number of benzene rings is 2. The predicted octanol–water partition coefficient (Wildman–Crippen LogP) is 4.27. The minimum Gasteiger partial charge on any atom is -0.452 e. The zero-order valence-electron chi connectivity index (χ0n) is 13.7. The Labute approximate surface area is 153 Å². The van der Waals surface area contributed by atoms with E-state index in [9.17, 15) is 26.7 Å². The highest BCUT2D eigenvalue weighted by Gasteiger charge is 2.31. The van der Waals surface area contributed by atoms with Crippen LogP contribution in [0, 0.1) is 11.6 Å². The summed E-state index contributed by atoms with van der Waals surface area (Å²) < 4.78 is 76.4. The molecule has 1 heterocycles. The Morgan fingerprint density at radius 3 is 2.46 bits per heavy atom. The Kier molecular flexibility index (Phi) is 5.25. The third kappa shape index (κ3) is 4.81. The molecule has 0 fully saturated rings. The van der Waals surface area contributed by atoms with Gasteiger partial charge < -0.3 is 14.0 Å². The number of alkyl halides is 3. The summed E-state index contributed by atoms with van der Waals surface area (Å²) in [5.41, 5.74) is -0.285. The van der Waals surface area contributed by atoms with E-state index in [0.717, 1.165) is 24.3 Å². The molecule has 6 nitrogen and oxygen atoms in total. The third-order valence-electron chi connectivity index (χ3n) is 3.29. The Morgan fingerprint density at radius 1 is 1.07 bits per heavy atom. The third-order valence-corrected chi connectivity index (χ3v) is 3.29. The number of esters is 1. The second-order valence-electron chi connectivity index (χ2n) is 5.28. The first-order chi connectivity index (χ1) is 13.2. The molecule has 0 saturated heterocycles. The highest BCUT2D eigenvalue weighted by Crippen LogP contribution is 2.25. The van der Waals surface area contributed by atoms with E-state index in [0.29, 0.717) is 11.6 Å². The van der Waals surface area contributed by atoms with Gasteiger partial charge in [-0.1, -0.05) is 5.16 Å². The summed E-state index contributed by atoms with van der Waals surface area (Å²) in [5.74, 6) is -3.47. The summed E-state index contributed by atoms with van der Waals surface area (Å²) in [5, 5.41) is 3.60. The molecule has 11 heteroatoms. The summed E-state index contributed by atoms with van der Waals surface area (Å²) in [6, 6.07) is 6.97. The molecule has 3 aromatic rings. The predicted molar refractivity (Wildman–Crippen MR) is 81.9 cm³/mol. The van der Waals surface area contributed by atoms with Crippen LogP contribution >= 0.6 is 0 Å². The lowest BCUT2D eigenvalue weighted by Crippen LogP contribution is -2.16. The van der Waals surface area contributed by atoms with Crippen LogP contribution in [0.5, 0.6) is 5.75 Å². The van der Waals surface area contributed by atoms with Crippen molar-refractivity contribution in [3.05, 3.63) is 65.6 Å². The van der Waals surface area contributed by atoms with Crippen LogP contribution in [0.3, 0.4) is 0 Å². The summed E-state index contributed by atoms with van der Waals surface area (Å²) in [6.07, 6.45) is -4.81. The summed E-state index contributed by atoms with van der Waals surface area (Å²) in [6.45, 7) is -0.517. The Bertz CT molecular complexity index is 986. The molecule has 3 rings (SSSR count). The molecule has 0 bridgehead atoms. The smallest absolute Gasteiger partial charge is 0.452 e. The molecular formula is C17H9F5N2O4. The van der Waals surface area contributed by atoms with Crippen LogP contribution < -0.4 is 4.74 Å².